The molecule has 0 unspecified atom stereocenters. The highest BCUT2D eigenvalue weighted by Crippen LogP contribution is 2.34. The second-order valence-electron chi connectivity index (χ2n) is 7.78. The van der Waals surface area contributed by atoms with Crippen LogP contribution in [0.3, 0.4) is 0 Å². The monoisotopic (exact) mass is 500 g/mol. The fraction of sp³-hybridized carbons (Fsp3) is 0.0714. The number of carbonyl (C=O) groups is 1. The van der Waals surface area contributed by atoms with E-state index in [1.807, 2.05) is 30.3 Å². The van der Waals surface area contributed by atoms with Crippen LogP contribution >= 0.6 is 11.6 Å². The van der Waals surface area contributed by atoms with Crippen LogP contribution in [0.15, 0.2) is 87.7 Å². The van der Waals surface area contributed by atoms with Crippen LogP contribution in [0.1, 0.15) is 5.76 Å². The third-order valence-corrected chi connectivity index (χ3v) is 5.78. The fourth-order valence-corrected chi connectivity index (χ4v) is 3.92. The summed E-state index contributed by atoms with van der Waals surface area (Å²) < 4.78 is 22.3. The van der Waals surface area contributed by atoms with Crippen LogP contribution in [0.4, 0.5) is 5.69 Å². The summed E-state index contributed by atoms with van der Waals surface area (Å²) >= 11 is 6.22. The summed E-state index contributed by atoms with van der Waals surface area (Å²) in [5.74, 6) is 2.47. The van der Waals surface area contributed by atoms with Crippen molar-refractivity contribution in [3.05, 3.63) is 89.7 Å². The predicted molar refractivity (Wildman–Crippen MR) is 139 cm³/mol. The number of halogens is 1. The van der Waals surface area contributed by atoms with Gasteiger partial charge in [-0.25, -0.2) is 4.98 Å². The molecule has 0 fully saturated rings. The summed E-state index contributed by atoms with van der Waals surface area (Å²) in [5.41, 5.74) is 3.32. The topological polar surface area (TPSA) is 86.7 Å². The molecule has 1 N–H and O–H groups in total. The molecule has 0 atom stereocenters. The van der Waals surface area contributed by atoms with Gasteiger partial charge >= 0.3 is 0 Å². The van der Waals surface area contributed by atoms with Crippen LogP contribution in [0.2, 0.25) is 5.02 Å². The number of fused-ring (bicyclic) bond motifs is 1. The second kappa shape index (κ2) is 10.0. The summed E-state index contributed by atoms with van der Waals surface area (Å²) in [6, 6.07) is 21.7. The number of benzene rings is 3. The number of amides is 1. The molecule has 0 saturated heterocycles. The van der Waals surface area contributed by atoms with Crippen LogP contribution < -0.4 is 14.8 Å². The molecular weight excluding hydrogens is 480 g/mol. The number of hydrogen-bond donors (Lipinski definition) is 1. The molecule has 3 aromatic carbocycles. The third-order valence-electron chi connectivity index (χ3n) is 5.45. The minimum Gasteiger partial charge on any atom is -0.493 e. The molecule has 36 heavy (non-hydrogen) atoms. The number of oxazole rings is 1. The number of rotatable bonds is 7. The van der Waals surface area contributed by atoms with Gasteiger partial charge in [0.05, 0.1) is 19.2 Å². The normalized spacial score (nSPS) is 11.2. The lowest BCUT2D eigenvalue weighted by Crippen LogP contribution is -2.07. The summed E-state index contributed by atoms with van der Waals surface area (Å²) in [4.78, 5) is 17.0. The number of methoxy groups -OCH3 is 2. The highest BCUT2D eigenvalue weighted by molar-refractivity contribution is 6.33. The van der Waals surface area contributed by atoms with Crippen LogP contribution in [0.25, 0.3) is 40.0 Å². The molecule has 0 bridgehead atoms. The number of furan rings is 1. The summed E-state index contributed by atoms with van der Waals surface area (Å²) in [6.45, 7) is 0. The summed E-state index contributed by atoms with van der Waals surface area (Å²) in [6.07, 6.45) is 3.00. The standard InChI is InChI=1S/C28H21ClN2O5/c1-33-25-11-7-17(15-26(25)34-2)28-31-22-16-18(8-12-24(22)36-28)30-27(32)14-10-19-9-13-23(35-19)20-5-3-4-6-21(20)29/h3-16H,1-2H3,(H,30,32)/b14-10+. The molecule has 0 aliphatic rings. The Bertz CT molecular complexity index is 1580. The number of nitrogens with zero attached hydrogens (tertiary/aromatic N) is 1. The number of aromatic nitrogens is 1. The fourth-order valence-electron chi connectivity index (χ4n) is 3.69. The molecule has 0 aliphatic carbocycles. The molecule has 0 saturated carbocycles. The first-order valence-corrected chi connectivity index (χ1v) is 11.4. The lowest BCUT2D eigenvalue weighted by molar-refractivity contribution is -0.111. The molecule has 180 valence electrons. The minimum absolute atomic E-state index is 0.311. The van der Waals surface area contributed by atoms with Crippen LogP contribution in [0.5, 0.6) is 11.5 Å². The van der Waals surface area contributed by atoms with E-state index in [-0.39, 0.29) is 5.91 Å². The van der Waals surface area contributed by atoms with Crippen molar-refractivity contribution in [1.82, 2.24) is 4.98 Å². The van der Waals surface area contributed by atoms with E-state index < -0.39 is 0 Å². The molecule has 0 radical (unpaired) electrons. The van der Waals surface area contributed by atoms with Crippen LogP contribution in [-0.4, -0.2) is 25.1 Å². The number of nitrogens with one attached hydrogen (secondary N) is 1. The average molecular weight is 501 g/mol. The Hall–Kier alpha value is -4.49. The van der Waals surface area contributed by atoms with Crippen molar-refractivity contribution in [2.24, 2.45) is 0 Å². The Kier molecular flexibility index (Phi) is 6.47. The highest BCUT2D eigenvalue weighted by atomic mass is 35.5. The molecule has 7 nitrogen and oxygen atoms in total. The smallest absolute Gasteiger partial charge is 0.248 e. The van der Waals surface area contributed by atoms with Gasteiger partial charge in [0.25, 0.3) is 0 Å². The number of anilines is 1. The van der Waals surface area contributed by atoms with E-state index in [1.165, 1.54) is 6.08 Å². The Balaban J connectivity index is 1.29. The second-order valence-corrected chi connectivity index (χ2v) is 8.18. The van der Waals surface area contributed by atoms with Gasteiger partial charge in [-0.3, -0.25) is 4.79 Å². The van der Waals surface area contributed by atoms with E-state index in [0.29, 0.717) is 50.7 Å². The molecule has 5 aromatic rings. The first-order chi connectivity index (χ1) is 17.5. The van der Waals surface area contributed by atoms with E-state index in [9.17, 15) is 4.79 Å². The maximum Gasteiger partial charge on any atom is 0.248 e. The lowest BCUT2D eigenvalue weighted by Gasteiger charge is -2.07. The molecule has 2 aromatic heterocycles. The van der Waals surface area contributed by atoms with Gasteiger partial charge in [-0.15, -0.1) is 0 Å². The zero-order valence-electron chi connectivity index (χ0n) is 19.4. The average Bonchev–Trinajstić information content (AvgIpc) is 3.54. The number of hydrogen-bond acceptors (Lipinski definition) is 6. The van der Waals surface area contributed by atoms with E-state index in [0.717, 1.165) is 11.1 Å². The molecule has 8 heteroatoms. The minimum atomic E-state index is -0.311. The first kappa shape index (κ1) is 23.3. The van der Waals surface area contributed by atoms with E-state index in [2.05, 4.69) is 10.3 Å². The highest BCUT2D eigenvalue weighted by Gasteiger charge is 2.13. The van der Waals surface area contributed by atoms with Gasteiger partial charge in [0.1, 0.15) is 17.0 Å². The molecular formula is C28H21ClN2O5. The van der Waals surface area contributed by atoms with Crippen molar-refractivity contribution in [3.8, 4) is 34.3 Å². The quantitative estimate of drug-likeness (QED) is 0.240. The van der Waals surface area contributed by atoms with Gasteiger partial charge in [0.15, 0.2) is 17.1 Å². The Labute approximate surface area is 211 Å². The zero-order chi connectivity index (χ0) is 25.1. The summed E-state index contributed by atoms with van der Waals surface area (Å²) in [7, 11) is 3.15. The Morgan fingerprint density at radius 2 is 1.78 bits per heavy atom. The van der Waals surface area contributed by atoms with Gasteiger partial charge in [-0.05, 0) is 66.7 Å². The molecule has 0 aliphatic heterocycles. The van der Waals surface area contributed by atoms with Crippen molar-refractivity contribution in [3.63, 3.8) is 0 Å². The van der Waals surface area contributed by atoms with Gasteiger partial charge in [-0.2, -0.15) is 0 Å². The Morgan fingerprint density at radius 1 is 0.944 bits per heavy atom. The molecule has 5 rings (SSSR count). The van der Waals surface area contributed by atoms with E-state index in [1.54, 1.807) is 62.8 Å². The van der Waals surface area contributed by atoms with Gasteiger partial charge in [0.2, 0.25) is 11.8 Å². The largest absolute Gasteiger partial charge is 0.493 e. The first-order valence-electron chi connectivity index (χ1n) is 11.0. The third kappa shape index (κ3) is 4.82. The lowest BCUT2D eigenvalue weighted by atomic mass is 10.2. The van der Waals surface area contributed by atoms with Crippen molar-refractivity contribution in [2.45, 2.75) is 0 Å². The van der Waals surface area contributed by atoms with Crippen molar-refractivity contribution < 1.29 is 23.1 Å². The molecule has 0 spiro atoms. The molecule has 1 amide bonds. The number of carbonyl (C=O) groups excluding carboxylic acids is 1. The summed E-state index contributed by atoms with van der Waals surface area (Å²) in [5, 5.41) is 3.42. The van der Waals surface area contributed by atoms with E-state index >= 15 is 0 Å². The van der Waals surface area contributed by atoms with Crippen molar-refractivity contribution in [2.75, 3.05) is 19.5 Å². The van der Waals surface area contributed by atoms with Gasteiger partial charge in [0, 0.05) is 22.9 Å². The maximum absolute atomic E-state index is 12.5. The van der Waals surface area contributed by atoms with Crippen LogP contribution in [-0.2, 0) is 4.79 Å². The van der Waals surface area contributed by atoms with Crippen molar-refractivity contribution in [1.29, 1.82) is 0 Å². The number of ether oxygens (including phenoxy) is 2. The Morgan fingerprint density at radius 3 is 2.58 bits per heavy atom. The van der Waals surface area contributed by atoms with Gasteiger partial charge in [-0.1, -0.05) is 23.7 Å². The van der Waals surface area contributed by atoms with Gasteiger partial charge < -0.3 is 23.6 Å². The zero-order valence-corrected chi connectivity index (χ0v) is 20.2. The molecule has 2 heterocycles. The van der Waals surface area contributed by atoms with Crippen LogP contribution in [0, 0.1) is 0 Å². The van der Waals surface area contributed by atoms with E-state index in [4.69, 9.17) is 29.9 Å². The predicted octanol–water partition coefficient (Wildman–Crippen LogP) is 7.08. The van der Waals surface area contributed by atoms with Crippen molar-refractivity contribution >= 4 is 40.4 Å². The maximum atomic E-state index is 12.5. The SMILES string of the molecule is COc1ccc(-c2nc3cc(NC(=O)/C=C/c4ccc(-c5ccccc5Cl)o4)ccc3o2)cc1OC.